The molecule has 11 aromatic rings. The van der Waals surface area contributed by atoms with Crippen LogP contribution in [0.1, 0.15) is 56.6 Å². The van der Waals surface area contributed by atoms with E-state index in [1.54, 1.807) is 64.0 Å². The average Bonchev–Trinajstić information content (AvgIpc) is 4.19. The average molecular weight is 846 g/mol. The smallest absolute Gasteiger partial charge is 0.255 e. The Bertz CT molecular complexity index is 4360. The summed E-state index contributed by atoms with van der Waals surface area (Å²) < 4.78 is 169. The molecule has 0 aliphatic heterocycles. The summed E-state index contributed by atoms with van der Waals surface area (Å²) in [6, 6.07) is 23.7. The Hall–Kier alpha value is -8.02. The van der Waals surface area contributed by atoms with E-state index in [1.807, 2.05) is 79.9 Å². The first kappa shape index (κ1) is 24.0. The first-order valence-corrected chi connectivity index (χ1v) is 20.5. The highest BCUT2D eigenvalue weighted by Gasteiger charge is 2.28. The third-order valence-electron chi connectivity index (χ3n) is 11.3. The number of pyridine rings is 1. The zero-order valence-electron chi connectivity index (χ0n) is 52.7. The number of benzene rings is 8. The van der Waals surface area contributed by atoms with Gasteiger partial charge in [0, 0.05) is 49.9 Å². The van der Waals surface area contributed by atoms with Gasteiger partial charge in [-0.2, -0.15) is 9.13 Å². The van der Waals surface area contributed by atoms with Gasteiger partial charge in [0.25, 0.3) is 6.33 Å². The van der Waals surface area contributed by atoms with Crippen molar-refractivity contribution in [2.45, 2.75) is 33.0 Å². The number of rotatable bonds is 8. The van der Waals surface area contributed by atoms with E-state index in [1.165, 1.54) is 12.3 Å². The van der Waals surface area contributed by atoms with Crippen molar-refractivity contribution < 1.29 is 34.0 Å². The predicted molar refractivity (Wildman–Crippen MR) is 263 cm³/mol. The predicted octanol–water partition coefficient (Wildman–Crippen LogP) is 14.8. The van der Waals surface area contributed by atoms with Crippen LogP contribution in [0.4, 0.5) is 0 Å². The zero-order valence-corrected chi connectivity index (χ0v) is 34.7. The van der Waals surface area contributed by atoms with E-state index in [0.717, 1.165) is 10.8 Å². The molecule has 3 aromatic heterocycles. The van der Waals surface area contributed by atoms with Crippen LogP contribution in [0, 0.1) is 6.85 Å². The van der Waals surface area contributed by atoms with Gasteiger partial charge in [-0.3, -0.25) is 4.57 Å². The Morgan fingerprint density at radius 1 is 0.578 bits per heavy atom. The lowest BCUT2D eigenvalue weighted by Crippen LogP contribution is -2.31. The summed E-state index contributed by atoms with van der Waals surface area (Å²) in [5.41, 5.74) is 2.37. The molecule has 0 aliphatic carbocycles. The Labute approximate surface area is 399 Å². The van der Waals surface area contributed by atoms with E-state index in [2.05, 4.69) is 4.98 Å². The lowest BCUT2D eigenvalue weighted by molar-refractivity contribution is -0.566. The number of hydrogen-bond donors (Lipinski definition) is 0. The number of nitrogens with zero attached hydrogens (tertiary/aromatic N) is 4. The van der Waals surface area contributed by atoms with Crippen molar-refractivity contribution in [2.75, 3.05) is 0 Å². The van der Waals surface area contributed by atoms with E-state index >= 15 is 0 Å². The third-order valence-corrected chi connectivity index (χ3v) is 11.3. The quantitative estimate of drug-likeness (QED) is 0.143. The highest BCUT2D eigenvalue weighted by atomic mass is 16.5. The molecule has 0 fully saturated rings. The Morgan fingerprint density at radius 2 is 1.19 bits per heavy atom. The minimum atomic E-state index is -2.81. The molecule has 5 nitrogen and oxygen atoms in total. The van der Waals surface area contributed by atoms with Crippen molar-refractivity contribution in [3.05, 3.63) is 223 Å². The van der Waals surface area contributed by atoms with Crippen LogP contribution in [0.2, 0.25) is 0 Å². The molecule has 0 saturated heterocycles. The number of imidazole rings is 1. The zero-order chi connectivity index (χ0) is 58.9. The van der Waals surface area contributed by atoms with Crippen LogP contribution in [-0.2, 0) is 5.41 Å². The number of aromatic nitrogens is 4. The molecule has 64 heavy (non-hydrogen) atoms. The van der Waals surface area contributed by atoms with E-state index < -0.39 is 103 Å². The first-order valence-electron chi connectivity index (χ1n) is 29.5. The molecule has 3 heterocycles. The van der Waals surface area contributed by atoms with Crippen molar-refractivity contribution in [1.82, 2.24) is 14.1 Å². The molecule has 11 rings (SSSR count). The van der Waals surface area contributed by atoms with Gasteiger partial charge in [-0.15, -0.1) is 0 Å². The summed E-state index contributed by atoms with van der Waals surface area (Å²) in [5.74, 6) is 0.931. The van der Waals surface area contributed by atoms with E-state index in [4.69, 9.17) is 23.9 Å². The second-order valence-electron chi connectivity index (χ2n) is 16.2. The van der Waals surface area contributed by atoms with Gasteiger partial charge in [0.2, 0.25) is 0 Å². The maximum absolute atomic E-state index is 9.25. The second kappa shape index (κ2) is 15.7. The molecular weight excluding hydrogens is 781 g/mol. The lowest BCUT2D eigenvalue weighted by Gasteiger charge is -2.23. The van der Waals surface area contributed by atoms with Gasteiger partial charge in [-0.25, -0.2) is 4.98 Å². The number of para-hydroxylation sites is 3. The fraction of sp³-hybridized carbons (Fsp3) is 0.0847. The summed E-state index contributed by atoms with van der Waals surface area (Å²) in [6.45, 7) is 2.93. The standard InChI is InChI=1S/C59H47N4O/c1-40-33-57(60-38-52(40)43-23-12-7-13-24-43)63-53-28-15-14-27-48(53)49-32-31-47(37-56(49)63)64-46-26-18-25-45(36-46)61-39-62(55-30-17-16-29-54(55)61)58-50(41-19-8-5-9-20-41)34-44(59(2,3)4)35-51(58)42-21-10-6-11-22-42/h5-39H,1-4H3/q+1/i1D3,5D,6D,7D,8D,9D,10D,11D,12D,13D,19D,20D,21D,22D,23D,24D. The minimum absolute atomic E-state index is 0.131. The number of hydrogen-bond acceptors (Lipinski definition) is 2. The maximum atomic E-state index is 9.25. The maximum Gasteiger partial charge on any atom is 0.255 e. The van der Waals surface area contributed by atoms with Crippen LogP contribution in [0.25, 0.3) is 83.4 Å². The van der Waals surface area contributed by atoms with Crippen molar-refractivity contribution in [2.24, 2.45) is 0 Å². The van der Waals surface area contributed by atoms with E-state index in [-0.39, 0.29) is 50.4 Å². The molecule has 308 valence electrons. The third kappa shape index (κ3) is 6.92. The van der Waals surface area contributed by atoms with Gasteiger partial charge in [-0.05, 0) is 101 Å². The molecule has 0 N–H and O–H groups in total. The van der Waals surface area contributed by atoms with Crippen LogP contribution in [0.3, 0.4) is 0 Å². The minimum Gasteiger partial charge on any atom is -0.457 e. The largest absolute Gasteiger partial charge is 0.457 e. The van der Waals surface area contributed by atoms with Crippen LogP contribution in [-0.4, -0.2) is 14.1 Å². The number of ether oxygens (including phenoxy) is 1. The Morgan fingerprint density at radius 3 is 1.86 bits per heavy atom. The molecule has 0 atom stereocenters. The summed E-state index contributed by atoms with van der Waals surface area (Å²) in [4.78, 5) is 4.69. The SMILES string of the molecule is [2H]c1c([2H])c([2H])c(-c2cnc(-n3c4ccccc4c4ccc(Oc5cccc(-n6c[n+](-c7c(-c8c([2H])c([2H])c([2H])c([2H])c8[2H])cc(C(C)(C)C)cc7-c7c([2H])c([2H])c([2H])c([2H])c7[2H])c7ccccc76)c5)cc43)cc2C([2H])([2H])[2H])c([2H])c1[2H]. The molecular formula is C59H47N4O+. The van der Waals surface area contributed by atoms with Crippen LogP contribution in [0.15, 0.2) is 212 Å². The van der Waals surface area contributed by atoms with Gasteiger partial charge >= 0.3 is 0 Å². The molecule has 0 unspecified atom stereocenters. The molecule has 0 amide bonds. The van der Waals surface area contributed by atoms with Crippen molar-refractivity contribution in [1.29, 1.82) is 0 Å². The second-order valence-corrected chi connectivity index (χ2v) is 16.2. The molecule has 0 spiro atoms. The summed E-state index contributed by atoms with van der Waals surface area (Å²) in [6.07, 6.45) is 2.95. The number of aryl methyl sites for hydroxylation is 1. The fourth-order valence-corrected chi connectivity index (χ4v) is 8.22. The summed E-state index contributed by atoms with van der Waals surface area (Å²) >= 11 is 0. The summed E-state index contributed by atoms with van der Waals surface area (Å²) in [5, 5.41) is 1.58. The van der Waals surface area contributed by atoms with Gasteiger partial charge in [0.1, 0.15) is 28.7 Å². The molecule has 0 saturated carbocycles. The Balaban J connectivity index is 1.09. The highest BCUT2D eigenvalue weighted by Crippen LogP contribution is 2.40. The molecule has 0 bridgehead atoms. The molecule has 8 aromatic carbocycles. The van der Waals surface area contributed by atoms with Crippen LogP contribution >= 0.6 is 0 Å². The monoisotopic (exact) mass is 845 g/mol. The molecule has 0 radical (unpaired) electrons. The van der Waals surface area contributed by atoms with Gasteiger partial charge in [-0.1, -0.05) is 148 Å². The summed E-state index contributed by atoms with van der Waals surface area (Å²) in [7, 11) is 0. The van der Waals surface area contributed by atoms with Crippen LogP contribution in [0.5, 0.6) is 11.5 Å². The van der Waals surface area contributed by atoms with Crippen LogP contribution < -0.4 is 9.30 Å². The van der Waals surface area contributed by atoms with Gasteiger partial charge < -0.3 is 4.74 Å². The lowest BCUT2D eigenvalue weighted by atomic mass is 9.82. The first-order chi connectivity index (χ1) is 38.7. The van der Waals surface area contributed by atoms with Gasteiger partial charge in [0.05, 0.1) is 31.6 Å². The van der Waals surface area contributed by atoms with Gasteiger partial charge in [0.15, 0.2) is 11.0 Å². The van der Waals surface area contributed by atoms with E-state index in [0.29, 0.717) is 44.8 Å². The molecule has 5 heteroatoms. The van der Waals surface area contributed by atoms with Crippen molar-refractivity contribution in [3.63, 3.8) is 0 Å². The van der Waals surface area contributed by atoms with Crippen molar-refractivity contribution >= 4 is 32.8 Å². The normalized spacial score (nSPS) is 15.9. The molecule has 0 aliphatic rings. The van der Waals surface area contributed by atoms with Crippen molar-refractivity contribution in [3.8, 4) is 62.1 Å². The fourth-order valence-electron chi connectivity index (χ4n) is 8.22. The van der Waals surface area contributed by atoms with E-state index in [9.17, 15) is 5.48 Å². The Kier molecular flexibility index (Phi) is 5.89. The highest BCUT2D eigenvalue weighted by molar-refractivity contribution is 6.09. The topological polar surface area (TPSA) is 35.9 Å². The number of fused-ring (bicyclic) bond motifs is 4.